The normalized spacial score (nSPS) is 13.4. The molecule has 3 rings (SSSR count). The summed E-state index contributed by atoms with van der Waals surface area (Å²) in [4.78, 5) is 2.19. The number of nitrogens with zero attached hydrogens (tertiary/aromatic N) is 1. The fourth-order valence-corrected chi connectivity index (χ4v) is 3.28. The average Bonchev–Trinajstić information content (AvgIpc) is 2.70. The number of aliphatic hydroxyl groups excluding tert-OH is 1. The van der Waals surface area contributed by atoms with E-state index in [1.54, 1.807) is 7.11 Å². The van der Waals surface area contributed by atoms with Gasteiger partial charge in [0.25, 0.3) is 0 Å². The Bertz CT molecular complexity index is 787. The molecular weight excluding hydrogens is 322 g/mol. The zero-order valence-electron chi connectivity index (χ0n) is 15.2. The van der Waals surface area contributed by atoms with Gasteiger partial charge in [0.05, 0.1) is 19.3 Å². The molecule has 1 N–H and O–H groups in total. The summed E-state index contributed by atoms with van der Waals surface area (Å²) in [6.07, 6.45) is -0.609. The first-order chi connectivity index (χ1) is 12.7. The first kappa shape index (κ1) is 18.2. The van der Waals surface area contributed by atoms with E-state index < -0.39 is 6.10 Å². The second kappa shape index (κ2) is 8.65. The van der Waals surface area contributed by atoms with Gasteiger partial charge in [-0.2, -0.15) is 0 Å². The van der Waals surface area contributed by atoms with Gasteiger partial charge in [-0.25, -0.2) is 0 Å². The van der Waals surface area contributed by atoms with Crippen LogP contribution >= 0.6 is 0 Å². The summed E-state index contributed by atoms with van der Waals surface area (Å²) >= 11 is 0. The summed E-state index contributed by atoms with van der Waals surface area (Å²) < 4.78 is 5.23. The Morgan fingerprint density at radius 2 is 1.35 bits per heavy atom. The topological polar surface area (TPSA) is 32.7 Å². The Balaban J connectivity index is 1.87. The molecule has 0 spiro atoms. The number of methoxy groups -OCH3 is 1. The lowest BCUT2D eigenvalue weighted by Crippen LogP contribution is -2.29. The second-order valence-corrected chi connectivity index (χ2v) is 6.47. The minimum absolute atomic E-state index is 0.138. The van der Waals surface area contributed by atoms with Crippen molar-refractivity contribution in [3.63, 3.8) is 0 Å². The van der Waals surface area contributed by atoms with Crippen molar-refractivity contribution < 1.29 is 9.84 Å². The molecule has 2 atom stereocenters. The number of ether oxygens (including phenoxy) is 1. The van der Waals surface area contributed by atoms with Crippen LogP contribution in [0.3, 0.4) is 0 Å². The minimum Gasteiger partial charge on any atom is -0.497 e. The molecular formula is C23H25NO2. The van der Waals surface area contributed by atoms with Gasteiger partial charge in [-0.1, -0.05) is 72.8 Å². The van der Waals surface area contributed by atoms with Gasteiger partial charge in [-0.05, 0) is 35.9 Å². The van der Waals surface area contributed by atoms with Crippen molar-refractivity contribution in [2.24, 2.45) is 0 Å². The van der Waals surface area contributed by atoms with E-state index in [1.807, 2.05) is 67.7 Å². The predicted molar refractivity (Wildman–Crippen MR) is 105 cm³/mol. The maximum atomic E-state index is 11.1. The molecule has 0 bridgehead atoms. The summed E-state index contributed by atoms with van der Waals surface area (Å²) in [5.74, 6) is 0.848. The first-order valence-electron chi connectivity index (χ1n) is 8.80. The lowest BCUT2D eigenvalue weighted by atomic mass is 9.94. The highest BCUT2D eigenvalue weighted by Crippen LogP contribution is 2.34. The standard InChI is InChI=1S/C23H25NO2/c1-24(17-18-13-15-21(26-2)16-14-18)22(19-9-5-3-6-10-19)23(25)20-11-7-4-8-12-20/h3-16,22-23,25H,17H2,1-2H3/t22-,23+/m0/s1. The summed E-state index contributed by atoms with van der Waals surface area (Å²) in [6.45, 7) is 0.730. The van der Waals surface area contributed by atoms with Crippen molar-refractivity contribution in [1.82, 2.24) is 4.90 Å². The summed E-state index contributed by atoms with van der Waals surface area (Å²) in [6, 6.07) is 27.9. The number of hydrogen-bond donors (Lipinski definition) is 1. The zero-order chi connectivity index (χ0) is 18.4. The summed E-state index contributed by atoms with van der Waals surface area (Å²) in [5, 5.41) is 11.1. The highest BCUT2D eigenvalue weighted by molar-refractivity contribution is 5.29. The Morgan fingerprint density at radius 1 is 0.808 bits per heavy atom. The van der Waals surface area contributed by atoms with Gasteiger partial charge in [0.1, 0.15) is 5.75 Å². The third-order valence-electron chi connectivity index (χ3n) is 4.65. The number of aliphatic hydroxyl groups is 1. The van der Waals surface area contributed by atoms with Gasteiger partial charge in [-0.15, -0.1) is 0 Å². The van der Waals surface area contributed by atoms with Crippen LogP contribution in [-0.4, -0.2) is 24.2 Å². The van der Waals surface area contributed by atoms with Crippen molar-refractivity contribution in [3.05, 3.63) is 102 Å². The SMILES string of the molecule is COc1ccc(CN(C)[C@@H](c2ccccc2)[C@H](O)c2ccccc2)cc1. The molecule has 0 saturated heterocycles. The summed E-state index contributed by atoms with van der Waals surface area (Å²) in [7, 11) is 3.72. The molecule has 3 heteroatoms. The Kier molecular flexibility index (Phi) is 6.05. The van der Waals surface area contributed by atoms with Crippen LogP contribution in [0.2, 0.25) is 0 Å². The van der Waals surface area contributed by atoms with Crippen LogP contribution in [0.5, 0.6) is 5.75 Å². The van der Waals surface area contributed by atoms with E-state index in [0.717, 1.165) is 23.4 Å². The van der Waals surface area contributed by atoms with Gasteiger partial charge in [0.15, 0.2) is 0 Å². The molecule has 0 radical (unpaired) electrons. The van der Waals surface area contributed by atoms with Gasteiger partial charge in [0.2, 0.25) is 0 Å². The van der Waals surface area contributed by atoms with E-state index >= 15 is 0 Å². The monoisotopic (exact) mass is 347 g/mol. The number of benzene rings is 3. The molecule has 0 aromatic heterocycles. The fourth-order valence-electron chi connectivity index (χ4n) is 3.28. The van der Waals surface area contributed by atoms with Gasteiger partial charge >= 0.3 is 0 Å². The van der Waals surface area contributed by atoms with E-state index in [4.69, 9.17) is 4.74 Å². The van der Waals surface area contributed by atoms with Crippen LogP contribution in [0.15, 0.2) is 84.9 Å². The summed E-state index contributed by atoms with van der Waals surface area (Å²) in [5.41, 5.74) is 3.19. The number of hydrogen-bond acceptors (Lipinski definition) is 3. The average molecular weight is 347 g/mol. The van der Waals surface area contributed by atoms with Gasteiger partial charge in [0, 0.05) is 6.54 Å². The molecule has 0 amide bonds. The van der Waals surface area contributed by atoms with Crippen molar-refractivity contribution in [2.45, 2.75) is 18.7 Å². The molecule has 0 unspecified atom stereocenters. The van der Waals surface area contributed by atoms with Crippen LogP contribution in [0.25, 0.3) is 0 Å². The lowest BCUT2D eigenvalue weighted by Gasteiger charge is -2.33. The van der Waals surface area contributed by atoms with Crippen LogP contribution in [0.1, 0.15) is 28.8 Å². The maximum Gasteiger partial charge on any atom is 0.118 e. The van der Waals surface area contributed by atoms with Crippen molar-refractivity contribution >= 4 is 0 Å². The van der Waals surface area contributed by atoms with Crippen LogP contribution in [-0.2, 0) is 6.54 Å². The molecule has 0 fully saturated rings. The second-order valence-electron chi connectivity index (χ2n) is 6.47. The zero-order valence-corrected chi connectivity index (χ0v) is 15.2. The van der Waals surface area contributed by atoms with Crippen LogP contribution in [0.4, 0.5) is 0 Å². The Morgan fingerprint density at radius 3 is 1.88 bits per heavy atom. The van der Waals surface area contributed by atoms with Gasteiger partial charge < -0.3 is 9.84 Å². The molecule has 3 nitrogen and oxygen atoms in total. The molecule has 3 aromatic rings. The smallest absolute Gasteiger partial charge is 0.118 e. The molecule has 0 aliphatic heterocycles. The van der Waals surface area contributed by atoms with E-state index in [1.165, 1.54) is 5.56 Å². The highest BCUT2D eigenvalue weighted by atomic mass is 16.5. The molecule has 3 aromatic carbocycles. The third-order valence-corrected chi connectivity index (χ3v) is 4.65. The molecule has 0 aliphatic carbocycles. The number of rotatable bonds is 7. The Labute approximate surface area is 155 Å². The lowest BCUT2D eigenvalue weighted by molar-refractivity contribution is 0.0579. The molecule has 26 heavy (non-hydrogen) atoms. The van der Waals surface area contributed by atoms with E-state index in [9.17, 15) is 5.11 Å². The van der Waals surface area contributed by atoms with Crippen LogP contribution in [0, 0.1) is 0 Å². The predicted octanol–water partition coefficient (Wildman–Crippen LogP) is 4.60. The largest absolute Gasteiger partial charge is 0.497 e. The highest BCUT2D eigenvalue weighted by Gasteiger charge is 2.26. The third kappa shape index (κ3) is 4.31. The maximum absolute atomic E-state index is 11.1. The van der Waals surface area contributed by atoms with E-state index in [2.05, 4.69) is 29.2 Å². The molecule has 134 valence electrons. The molecule has 0 aliphatic rings. The molecule has 0 heterocycles. The quantitative estimate of drug-likeness (QED) is 0.678. The van der Waals surface area contributed by atoms with E-state index in [0.29, 0.717) is 0 Å². The Hall–Kier alpha value is -2.62. The first-order valence-corrected chi connectivity index (χ1v) is 8.80. The minimum atomic E-state index is -0.609. The van der Waals surface area contributed by atoms with Crippen LogP contribution < -0.4 is 4.74 Å². The van der Waals surface area contributed by atoms with Crippen molar-refractivity contribution in [3.8, 4) is 5.75 Å². The van der Waals surface area contributed by atoms with Crippen molar-refractivity contribution in [2.75, 3.05) is 14.2 Å². The molecule has 0 saturated carbocycles. The van der Waals surface area contributed by atoms with Gasteiger partial charge in [-0.3, -0.25) is 4.90 Å². The van der Waals surface area contributed by atoms with E-state index in [-0.39, 0.29) is 6.04 Å². The fraction of sp³-hybridized carbons (Fsp3) is 0.217. The number of likely N-dealkylation sites (N-methyl/N-ethyl adjacent to an activating group) is 1. The van der Waals surface area contributed by atoms with Crippen molar-refractivity contribution in [1.29, 1.82) is 0 Å².